The molecule has 2 aliphatic rings. The van der Waals surface area contributed by atoms with Gasteiger partial charge in [-0.05, 0) is 38.1 Å². The van der Waals surface area contributed by atoms with Crippen LogP contribution in [0.25, 0.3) is 0 Å². The Labute approximate surface area is 158 Å². The van der Waals surface area contributed by atoms with E-state index in [-0.39, 0.29) is 0 Å². The molecule has 3 heterocycles. The van der Waals surface area contributed by atoms with Gasteiger partial charge in [0, 0.05) is 57.6 Å². The van der Waals surface area contributed by atoms with Crippen LogP contribution < -0.4 is 0 Å². The first-order chi connectivity index (χ1) is 12.5. The number of nitrogens with zero attached hydrogens (tertiary/aromatic N) is 5. The molecule has 8 heteroatoms. The average molecular weight is 384 g/mol. The monoisotopic (exact) mass is 383 g/mol. The molecular weight excluding hydrogens is 350 g/mol. The molecule has 2 saturated heterocycles. The van der Waals surface area contributed by atoms with Crippen LogP contribution in [0.2, 0.25) is 0 Å². The minimum Gasteiger partial charge on any atom is -0.298 e. The van der Waals surface area contributed by atoms with Crippen molar-refractivity contribution in [2.24, 2.45) is 5.92 Å². The molecule has 1 aromatic heterocycles. The second kappa shape index (κ2) is 8.82. The van der Waals surface area contributed by atoms with Crippen LogP contribution in [0.5, 0.6) is 0 Å². The van der Waals surface area contributed by atoms with E-state index in [1.54, 1.807) is 8.61 Å². The zero-order chi connectivity index (χ0) is 18.6. The fraction of sp³-hybridized carbons (Fsp3) is 0.833. The highest BCUT2D eigenvalue weighted by molar-refractivity contribution is 7.86. The smallest absolute Gasteiger partial charge is 0.282 e. The van der Waals surface area contributed by atoms with Gasteiger partial charge in [0.15, 0.2) is 0 Å². The van der Waals surface area contributed by atoms with Gasteiger partial charge in [0.2, 0.25) is 0 Å². The first-order valence-corrected chi connectivity index (χ1v) is 11.4. The van der Waals surface area contributed by atoms with Gasteiger partial charge in [-0.15, -0.1) is 0 Å². The maximum absolute atomic E-state index is 13.0. The summed E-state index contributed by atoms with van der Waals surface area (Å²) in [4.78, 5) is 2.35. The number of aromatic nitrogens is 2. The van der Waals surface area contributed by atoms with Gasteiger partial charge >= 0.3 is 0 Å². The van der Waals surface area contributed by atoms with Crippen LogP contribution in [0.15, 0.2) is 12.4 Å². The molecule has 0 amide bonds. The summed E-state index contributed by atoms with van der Waals surface area (Å²) in [6, 6.07) is 0. The highest BCUT2D eigenvalue weighted by Gasteiger charge is 2.33. The van der Waals surface area contributed by atoms with Gasteiger partial charge in [-0.3, -0.25) is 9.58 Å². The Kier molecular flexibility index (Phi) is 6.71. The van der Waals surface area contributed by atoms with E-state index in [9.17, 15) is 8.42 Å². The molecule has 148 valence electrons. The number of hydrogen-bond acceptors (Lipinski definition) is 4. The van der Waals surface area contributed by atoms with Gasteiger partial charge < -0.3 is 0 Å². The number of rotatable bonds is 6. The summed E-state index contributed by atoms with van der Waals surface area (Å²) in [6.07, 6.45) is 8.11. The van der Waals surface area contributed by atoms with Gasteiger partial charge in [-0.1, -0.05) is 13.8 Å². The van der Waals surface area contributed by atoms with Crippen LogP contribution in [0.3, 0.4) is 0 Å². The predicted molar refractivity (Wildman–Crippen MR) is 103 cm³/mol. The van der Waals surface area contributed by atoms with Crippen LogP contribution in [0.1, 0.15) is 45.1 Å². The van der Waals surface area contributed by atoms with Crippen LogP contribution in [0.4, 0.5) is 0 Å². The van der Waals surface area contributed by atoms with Crippen molar-refractivity contribution < 1.29 is 8.42 Å². The minimum absolute atomic E-state index is 0.460. The van der Waals surface area contributed by atoms with Crippen molar-refractivity contribution in [3.8, 4) is 0 Å². The van der Waals surface area contributed by atoms with Crippen molar-refractivity contribution in [3.05, 3.63) is 18.0 Å². The molecule has 1 atom stereocenters. The van der Waals surface area contributed by atoms with Crippen molar-refractivity contribution in [3.63, 3.8) is 0 Å². The Morgan fingerprint density at radius 3 is 2.69 bits per heavy atom. The lowest BCUT2D eigenvalue weighted by molar-refractivity contribution is 0.253. The fourth-order valence-electron chi connectivity index (χ4n) is 3.95. The van der Waals surface area contributed by atoms with Crippen LogP contribution in [-0.4, -0.2) is 71.0 Å². The normalized spacial score (nSPS) is 24.6. The lowest BCUT2D eigenvalue weighted by Crippen LogP contribution is -2.48. The molecule has 1 unspecified atom stereocenters. The minimum atomic E-state index is -3.32. The number of aryl methyl sites for hydroxylation is 1. The molecule has 2 fully saturated rings. The summed E-state index contributed by atoms with van der Waals surface area (Å²) in [5.41, 5.74) is 1.21. The molecule has 0 radical (unpaired) electrons. The second-order valence-corrected chi connectivity index (χ2v) is 9.68. The van der Waals surface area contributed by atoms with E-state index in [0.29, 0.717) is 32.1 Å². The third-order valence-corrected chi connectivity index (χ3v) is 7.37. The number of piperidine rings is 1. The molecule has 0 aliphatic carbocycles. The van der Waals surface area contributed by atoms with E-state index in [1.807, 2.05) is 10.9 Å². The SMILES string of the molecule is CCCn1cc(CN2CCCN(S(=O)(=O)N3CCCC(C)C3)CC2)cn1. The summed E-state index contributed by atoms with van der Waals surface area (Å²) in [5, 5.41) is 4.39. The zero-order valence-electron chi connectivity index (χ0n) is 16.2. The maximum Gasteiger partial charge on any atom is 0.282 e. The molecule has 26 heavy (non-hydrogen) atoms. The second-order valence-electron chi connectivity index (χ2n) is 7.75. The van der Waals surface area contributed by atoms with Gasteiger partial charge in [0.25, 0.3) is 10.2 Å². The van der Waals surface area contributed by atoms with Gasteiger partial charge in [-0.25, -0.2) is 0 Å². The molecule has 7 nitrogen and oxygen atoms in total. The van der Waals surface area contributed by atoms with Crippen molar-refractivity contribution in [1.82, 2.24) is 23.3 Å². The zero-order valence-corrected chi connectivity index (χ0v) is 17.0. The van der Waals surface area contributed by atoms with Gasteiger partial charge in [0.05, 0.1) is 6.20 Å². The van der Waals surface area contributed by atoms with Crippen LogP contribution in [0, 0.1) is 5.92 Å². The summed E-state index contributed by atoms with van der Waals surface area (Å²) >= 11 is 0. The standard InChI is InChI=1S/C18H33N5O2S/c1-3-7-21-16-18(13-19-21)15-20-8-5-10-22(12-11-20)26(24,25)23-9-4-6-17(2)14-23/h13,16-17H,3-12,14-15H2,1-2H3. The Morgan fingerprint density at radius 1 is 1.12 bits per heavy atom. The van der Waals surface area contributed by atoms with Gasteiger partial charge in [0.1, 0.15) is 0 Å². The van der Waals surface area contributed by atoms with Crippen LogP contribution >= 0.6 is 0 Å². The quantitative estimate of drug-likeness (QED) is 0.751. The molecular formula is C18H33N5O2S. The van der Waals surface area contributed by atoms with Gasteiger partial charge in [-0.2, -0.15) is 22.1 Å². The van der Waals surface area contributed by atoms with Crippen molar-refractivity contribution in [2.45, 2.75) is 52.6 Å². The number of hydrogen-bond donors (Lipinski definition) is 0. The summed E-state index contributed by atoms with van der Waals surface area (Å²) in [6.45, 7) is 10.3. The molecule has 0 bridgehead atoms. The first-order valence-electron chi connectivity index (χ1n) is 9.98. The van der Waals surface area contributed by atoms with Crippen molar-refractivity contribution in [2.75, 3.05) is 39.3 Å². The average Bonchev–Trinajstić information content (AvgIpc) is 2.90. The third kappa shape index (κ3) is 4.85. The molecule has 2 aliphatic heterocycles. The van der Waals surface area contributed by atoms with E-state index < -0.39 is 10.2 Å². The summed E-state index contributed by atoms with van der Waals surface area (Å²) < 4.78 is 31.4. The molecule has 1 aromatic rings. The highest BCUT2D eigenvalue weighted by atomic mass is 32.2. The highest BCUT2D eigenvalue weighted by Crippen LogP contribution is 2.21. The lowest BCUT2D eigenvalue weighted by Gasteiger charge is -2.34. The Morgan fingerprint density at radius 2 is 1.92 bits per heavy atom. The van der Waals surface area contributed by atoms with Crippen molar-refractivity contribution in [1.29, 1.82) is 0 Å². The van der Waals surface area contributed by atoms with Crippen LogP contribution in [-0.2, 0) is 23.3 Å². The first kappa shape index (κ1) is 19.8. The predicted octanol–water partition coefficient (Wildman–Crippen LogP) is 1.78. The van der Waals surface area contributed by atoms with Crippen molar-refractivity contribution >= 4 is 10.2 Å². The van der Waals surface area contributed by atoms with E-state index in [0.717, 1.165) is 51.9 Å². The topological polar surface area (TPSA) is 61.7 Å². The molecule has 3 rings (SSSR count). The largest absolute Gasteiger partial charge is 0.298 e. The molecule has 0 aromatic carbocycles. The Balaban J connectivity index is 1.57. The van der Waals surface area contributed by atoms with E-state index in [1.165, 1.54) is 5.56 Å². The lowest BCUT2D eigenvalue weighted by atomic mass is 10.0. The third-order valence-electron chi connectivity index (χ3n) is 5.37. The Bertz CT molecular complexity index is 675. The molecule has 0 N–H and O–H groups in total. The Hall–Kier alpha value is -0.960. The van der Waals surface area contributed by atoms with E-state index >= 15 is 0 Å². The fourth-order valence-corrected chi connectivity index (χ4v) is 5.75. The molecule has 0 saturated carbocycles. The van der Waals surface area contributed by atoms with E-state index in [4.69, 9.17) is 0 Å². The summed E-state index contributed by atoms with van der Waals surface area (Å²) in [5.74, 6) is 0.460. The molecule has 0 spiro atoms. The summed E-state index contributed by atoms with van der Waals surface area (Å²) in [7, 11) is -3.32. The maximum atomic E-state index is 13.0. The van der Waals surface area contributed by atoms with E-state index in [2.05, 4.69) is 30.0 Å².